The van der Waals surface area contributed by atoms with E-state index in [1.165, 1.54) is 11.3 Å². The van der Waals surface area contributed by atoms with Gasteiger partial charge in [0.1, 0.15) is 5.82 Å². The standard InChI is InChI=1S/C20H22N4O/c1-14-5-3-4-6-19(14)23-9-11-24(12-10-23)20(25)16-7-8-17-18(13-16)22-15(2)21-17/h3-8,13H,9-12H2,1-2H3,(H,21,22). The smallest absolute Gasteiger partial charge is 0.254 e. The predicted molar refractivity (Wildman–Crippen MR) is 100 cm³/mol. The Bertz CT molecular complexity index is 922. The third kappa shape index (κ3) is 2.97. The minimum Gasteiger partial charge on any atom is -0.368 e. The van der Waals surface area contributed by atoms with E-state index >= 15 is 0 Å². The van der Waals surface area contributed by atoms with Crippen molar-refractivity contribution in [2.45, 2.75) is 13.8 Å². The number of rotatable bonds is 2. The average Bonchev–Trinajstić information content (AvgIpc) is 3.01. The number of imidazole rings is 1. The lowest BCUT2D eigenvalue weighted by molar-refractivity contribution is 0.0747. The van der Waals surface area contributed by atoms with Crippen molar-refractivity contribution in [2.24, 2.45) is 0 Å². The summed E-state index contributed by atoms with van der Waals surface area (Å²) < 4.78 is 0. The minimum atomic E-state index is 0.0959. The molecule has 1 aliphatic heterocycles. The topological polar surface area (TPSA) is 52.2 Å². The van der Waals surface area contributed by atoms with Gasteiger partial charge in [-0.2, -0.15) is 0 Å². The maximum absolute atomic E-state index is 12.8. The summed E-state index contributed by atoms with van der Waals surface area (Å²) in [5, 5.41) is 0. The molecular weight excluding hydrogens is 312 g/mol. The zero-order chi connectivity index (χ0) is 17.4. The number of nitrogens with zero attached hydrogens (tertiary/aromatic N) is 3. The van der Waals surface area contributed by atoms with E-state index in [1.807, 2.05) is 30.0 Å². The molecule has 3 aromatic rings. The summed E-state index contributed by atoms with van der Waals surface area (Å²) in [5.41, 5.74) is 5.09. The number of benzene rings is 2. The molecule has 1 aliphatic rings. The van der Waals surface area contributed by atoms with E-state index in [9.17, 15) is 4.79 Å². The highest BCUT2D eigenvalue weighted by molar-refractivity contribution is 5.97. The summed E-state index contributed by atoms with van der Waals surface area (Å²) in [6.07, 6.45) is 0. The number of aromatic amines is 1. The van der Waals surface area contributed by atoms with E-state index in [2.05, 4.69) is 46.1 Å². The lowest BCUT2D eigenvalue weighted by atomic mass is 10.1. The largest absolute Gasteiger partial charge is 0.368 e. The van der Waals surface area contributed by atoms with Crippen LogP contribution in [0.25, 0.3) is 11.0 Å². The summed E-state index contributed by atoms with van der Waals surface area (Å²) >= 11 is 0. The zero-order valence-corrected chi connectivity index (χ0v) is 14.6. The summed E-state index contributed by atoms with van der Waals surface area (Å²) in [5.74, 6) is 0.963. The number of aryl methyl sites for hydroxylation is 2. The molecule has 0 spiro atoms. The molecule has 0 aliphatic carbocycles. The number of H-pyrrole nitrogens is 1. The summed E-state index contributed by atoms with van der Waals surface area (Å²) in [6, 6.07) is 14.1. The van der Waals surface area contributed by atoms with Crippen molar-refractivity contribution in [3.63, 3.8) is 0 Å². The molecule has 1 fully saturated rings. The number of para-hydroxylation sites is 1. The van der Waals surface area contributed by atoms with Crippen LogP contribution < -0.4 is 4.90 Å². The number of anilines is 1. The predicted octanol–water partition coefficient (Wildman–Crippen LogP) is 3.14. The highest BCUT2D eigenvalue weighted by Gasteiger charge is 2.23. The van der Waals surface area contributed by atoms with E-state index < -0.39 is 0 Å². The summed E-state index contributed by atoms with van der Waals surface area (Å²) in [7, 11) is 0. The van der Waals surface area contributed by atoms with Crippen molar-refractivity contribution >= 4 is 22.6 Å². The summed E-state index contributed by atoms with van der Waals surface area (Å²) in [4.78, 5) is 24.7. The molecule has 25 heavy (non-hydrogen) atoms. The fraction of sp³-hybridized carbons (Fsp3) is 0.300. The van der Waals surface area contributed by atoms with Crippen molar-refractivity contribution in [3.8, 4) is 0 Å². The van der Waals surface area contributed by atoms with Crippen LogP contribution in [-0.2, 0) is 0 Å². The van der Waals surface area contributed by atoms with Crippen LogP contribution >= 0.6 is 0 Å². The first-order valence-electron chi connectivity index (χ1n) is 8.68. The SMILES string of the molecule is Cc1nc2ccc(C(=O)N3CCN(c4ccccc4C)CC3)cc2[nH]1. The molecule has 2 aromatic carbocycles. The fourth-order valence-electron chi connectivity index (χ4n) is 3.52. The molecule has 128 valence electrons. The minimum absolute atomic E-state index is 0.0959. The van der Waals surface area contributed by atoms with Gasteiger partial charge in [0.05, 0.1) is 11.0 Å². The van der Waals surface area contributed by atoms with Crippen LogP contribution in [0.5, 0.6) is 0 Å². The van der Waals surface area contributed by atoms with Crippen LogP contribution in [0.4, 0.5) is 5.69 Å². The molecule has 2 heterocycles. The molecule has 0 radical (unpaired) electrons. The van der Waals surface area contributed by atoms with Gasteiger partial charge >= 0.3 is 0 Å². The number of carbonyl (C=O) groups is 1. The van der Waals surface area contributed by atoms with E-state index in [-0.39, 0.29) is 5.91 Å². The first-order valence-corrected chi connectivity index (χ1v) is 8.68. The normalized spacial score (nSPS) is 15.0. The maximum atomic E-state index is 12.8. The molecule has 0 saturated carbocycles. The van der Waals surface area contributed by atoms with Gasteiger partial charge in [0.15, 0.2) is 0 Å². The lowest BCUT2D eigenvalue weighted by Gasteiger charge is -2.36. The van der Waals surface area contributed by atoms with Crippen molar-refractivity contribution in [1.29, 1.82) is 0 Å². The summed E-state index contributed by atoms with van der Waals surface area (Å²) in [6.45, 7) is 7.27. The lowest BCUT2D eigenvalue weighted by Crippen LogP contribution is -2.49. The van der Waals surface area contributed by atoms with Crippen LogP contribution in [-0.4, -0.2) is 47.0 Å². The Morgan fingerprint density at radius 3 is 2.56 bits per heavy atom. The molecule has 1 N–H and O–H groups in total. The van der Waals surface area contributed by atoms with Gasteiger partial charge in [-0.1, -0.05) is 18.2 Å². The second kappa shape index (κ2) is 6.24. The number of amides is 1. The van der Waals surface area contributed by atoms with Gasteiger partial charge in [0, 0.05) is 37.4 Å². The first-order chi connectivity index (χ1) is 12.1. The monoisotopic (exact) mass is 334 g/mol. The number of nitrogens with one attached hydrogen (secondary N) is 1. The van der Waals surface area contributed by atoms with E-state index in [0.717, 1.165) is 48.6 Å². The third-order valence-corrected chi connectivity index (χ3v) is 4.87. The van der Waals surface area contributed by atoms with E-state index in [0.29, 0.717) is 0 Å². The first kappa shape index (κ1) is 15.7. The Balaban J connectivity index is 1.48. The molecule has 1 aromatic heterocycles. The van der Waals surface area contributed by atoms with Crippen LogP contribution in [0, 0.1) is 13.8 Å². The number of hydrogen-bond donors (Lipinski definition) is 1. The molecule has 0 atom stereocenters. The van der Waals surface area contributed by atoms with Gasteiger partial charge < -0.3 is 14.8 Å². The van der Waals surface area contributed by atoms with Crippen LogP contribution in [0.3, 0.4) is 0 Å². The second-order valence-corrected chi connectivity index (χ2v) is 6.62. The van der Waals surface area contributed by atoms with Gasteiger partial charge in [-0.3, -0.25) is 4.79 Å². The number of aromatic nitrogens is 2. The van der Waals surface area contributed by atoms with Gasteiger partial charge in [-0.15, -0.1) is 0 Å². The van der Waals surface area contributed by atoms with Crippen LogP contribution in [0.1, 0.15) is 21.7 Å². The number of piperazine rings is 1. The van der Waals surface area contributed by atoms with Crippen molar-refractivity contribution in [3.05, 3.63) is 59.4 Å². The van der Waals surface area contributed by atoms with Crippen molar-refractivity contribution < 1.29 is 4.79 Å². The Morgan fingerprint density at radius 2 is 1.80 bits per heavy atom. The Morgan fingerprint density at radius 1 is 1.04 bits per heavy atom. The molecule has 0 unspecified atom stereocenters. The van der Waals surface area contributed by atoms with Gasteiger partial charge in [-0.25, -0.2) is 4.98 Å². The third-order valence-electron chi connectivity index (χ3n) is 4.87. The van der Waals surface area contributed by atoms with Crippen molar-refractivity contribution in [1.82, 2.24) is 14.9 Å². The molecule has 0 bridgehead atoms. The molecule has 4 rings (SSSR count). The molecule has 1 saturated heterocycles. The number of hydrogen-bond acceptors (Lipinski definition) is 3. The van der Waals surface area contributed by atoms with Crippen LogP contribution in [0.15, 0.2) is 42.5 Å². The number of fused-ring (bicyclic) bond motifs is 1. The van der Waals surface area contributed by atoms with E-state index in [4.69, 9.17) is 0 Å². The van der Waals surface area contributed by atoms with Gasteiger partial charge in [0.25, 0.3) is 5.91 Å². The molecule has 1 amide bonds. The van der Waals surface area contributed by atoms with Crippen molar-refractivity contribution in [2.75, 3.05) is 31.1 Å². The Hall–Kier alpha value is -2.82. The van der Waals surface area contributed by atoms with Gasteiger partial charge in [0.2, 0.25) is 0 Å². The zero-order valence-electron chi connectivity index (χ0n) is 14.6. The highest BCUT2D eigenvalue weighted by atomic mass is 16.2. The Kier molecular flexibility index (Phi) is 3.92. The Labute approximate surface area is 147 Å². The quantitative estimate of drug-likeness (QED) is 0.783. The molecule has 5 nitrogen and oxygen atoms in total. The highest BCUT2D eigenvalue weighted by Crippen LogP contribution is 2.22. The average molecular weight is 334 g/mol. The van der Waals surface area contributed by atoms with E-state index in [1.54, 1.807) is 0 Å². The van der Waals surface area contributed by atoms with Crippen LogP contribution in [0.2, 0.25) is 0 Å². The molecule has 5 heteroatoms. The van der Waals surface area contributed by atoms with Gasteiger partial charge in [-0.05, 0) is 43.7 Å². The molecular formula is C20H22N4O. The maximum Gasteiger partial charge on any atom is 0.254 e. The second-order valence-electron chi connectivity index (χ2n) is 6.62. The fourth-order valence-corrected chi connectivity index (χ4v) is 3.52. The number of carbonyl (C=O) groups excluding carboxylic acids is 1.